The van der Waals surface area contributed by atoms with Crippen molar-refractivity contribution in [3.05, 3.63) is 108 Å². The van der Waals surface area contributed by atoms with Gasteiger partial charge < -0.3 is 14.5 Å². The molecule has 4 rings (SSSR count). The Balaban J connectivity index is 1.44. The summed E-state index contributed by atoms with van der Waals surface area (Å²) in [7, 11) is 0. The molecule has 3 aromatic carbocycles. The molecule has 0 spiro atoms. The summed E-state index contributed by atoms with van der Waals surface area (Å²) in [5, 5.41) is 2.93. The molecular formula is C26H20F4N2O3. The van der Waals surface area contributed by atoms with Gasteiger partial charge in [0.05, 0.1) is 17.8 Å². The summed E-state index contributed by atoms with van der Waals surface area (Å²) in [4.78, 5) is 16.8. The van der Waals surface area contributed by atoms with Crippen molar-refractivity contribution in [2.75, 3.05) is 0 Å². The number of aryl methyl sites for hydroxylation is 1. The molecule has 0 radical (unpaired) electrons. The van der Waals surface area contributed by atoms with E-state index in [9.17, 15) is 22.4 Å². The van der Waals surface area contributed by atoms with Crippen LogP contribution in [0.4, 0.5) is 17.6 Å². The minimum absolute atomic E-state index is 0.0131. The fourth-order valence-electron chi connectivity index (χ4n) is 3.54. The highest BCUT2D eigenvalue weighted by atomic mass is 19.3. The standard InChI is InChI=1S/C26H20F4N2O3/c27-18-8-11-20(21(28)14-18)22-15-31-24(35-22)13-12-23(33)32-25(16-4-2-1-3-5-16)17-6-9-19(10-7-17)34-26(29)30/h1-11,14-15,25-26H,12-13H2,(H,32,33). The molecular weight excluding hydrogens is 464 g/mol. The highest BCUT2D eigenvalue weighted by Gasteiger charge is 2.18. The second kappa shape index (κ2) is 10.9. The van der Waals surface area contributed by atoms with E-state index in [1.54, 1.807) is 12.1 Å². The van der Waals surface area contributed by atoms with E-state index in [2.05, 4.69) is 15.0 Å². The van der Waals surface area contributed by atoms with Crippen molar-refractivity contribution >= 4 is 5.91 Å². The molecule has 180 valence electrons. The summed E-state index contributed by atoms with van der Waals surface area (Å²) in [6.07, 6.45) is 1.50. The monoisotopic (exact) mass is 484 g/mol. The molecule has 1 unspecified atom stereocenters. The molecule has 0 saturated heterocycles. The van der Waals surface area contributed by atoms with Crippen molar-refractivity contribution in [2.24, 2.45) is 0 Å². The number of alkyl halides is 2. The van der Waals surface area contributed by atoms with E-state index in [1.807, 2.05) is 30.3 Å². The molecule has 5 nitrogen and oxygen atoms in total. The van der Waals surface area contributed by atoms with Gasteiger partial charge in [-0.25, -0.2) is 13.8 Å². The molecule has 0 saturated carbocycles. The SMILES string of the molecule is O=C(CCc1ncc(-c2ccc(F)cc2F)o1)NC(c1ccccc1)c1ccc(OC(F)F)cc1. The highest BCUT2D eigenvalue weighted by molar-refractivity contribution is 5.77. The van der Waals surface area contributed by atoms with E-state index in [4.69, 9.17) is 4.42 Å². The zero-order chi connectivity index (χ0) is 24.8. The van der Waals surface area contributed by atoms with E-state index in [1.165, 1.54) is 24.4 Å². The Morgan fingerprint density at radius 1 is 0.971 bits per heavy atom. The Morgan fingerprint density at radius 3 is 2.37 bits per heavy atom. The van der Waals surface area contributed by atoms with Gasteiger partial charge in [0.15, 0.2) is 11.7 Å². The Labute approximate surface area is 198 Å². The fraction of sp³-hybridized carbons (Fsp3) is 0.154. The second-order valence-electron chi connectivity index (χ2n) is 7.60. The summed E-state index contributed by atoms with van der Waals surface area (Å²) in [5.41, 5.74) is 1.54. The zero-order valence-electron chi connectivity index (χ0n) is 18.3. The summed E-state index contributed by atoms with van der Waals surface area (Å²) in [6.45, 7) is -2.93. The Kier molecular flexibility index (Phi) is 7.45. The smallest absolute Gasteiger partial charge is 0.387 e. The topological polar surface area (TPSA) is 64.4 Å². The first-order chi connectivity index (χ1) is 16.9. The molecule has 0 aliphatic heterocycles. The maximum absolute atomic E-state index is 14.0. The fourth-order valence-corrected chi connectivity index (χ4v) is 3.54. The molecule has 0 fully saturated rings. The number of nitrogens with one attached hydrogen (secondary N) is 1. The van der Waals surface area contributed by atoms with Gasteiger partial charge in [-0.2, -0.15) is 8.78 Å². The van der Waals surface area contributed by atoms with Crippen LogP contribution in [-0.4, -0.2) is 17.5 Å². The van der Waals surface area contributed by atoms with Crippen LogP contribution in [0.25, 0.3) is 11.3 Å². The largest absolute Gasteiger partial charge is 0.441 e. The van der Waals surface area contributed by atoms with Gasteiger partial charge in [-0.3, -0.25) is 4.79 Å². The highest BCUT2D eigenvalue weighted by Crippen LogP contribution is 2.26. The first-order valence-corrected chi connectivity index (χ1v) is 10.7. The molecule has 1 N–H and O–H groups in total. The van der Waals surface area contributed by atoms with Crippen LogP contribution in [0, 0.1) is 11.6 Å². The number of oxazole rings is 1. The first-order valence-electron chi connectivity index (χ1n) is 10.7. The quantitative estimate of drug-likeness (QED) is 0.294. The van der Waals surface area contributed by atoms with Crippen LogP contribution >= 0.6 is 0 Å². The van der Waals surface area contributed by atoms with Crippen LogP contribution in [0.2, 0.25) is 0 Å². The van der Waals surface area contributed by atoms with Crippen molar-refractivity contribution in [3.8, 4) is 17.1 Å². The lowest BCUT2D eigenvalue weighted by molar-refractivity contribution is -0.121. The number of hydrogen-bond acceptors (Lipinski definition) is 4. The number of aromatic nitrogens is 1. The van der Waals surface area contributed by atoms with Crippen molar-refractivity contribution in [3.63, 3.8) is 0 Å². The molecule has 1 atom stereocenters. The van der Waals surface area contributed by atoms with Crippen LogP contribution in [0.3, 0.4) is 0 Å². The maximum Gasteiger partial charge on any atom is 0.387 e. The van der Waals surface area contributed by atoms with E-state index in [0.29, 0.717) is 5.56 Å². The number of nitrogens with zero attached hydrogens (tertiary/aromatic N) is 1. The third-order valence-electron chi connectivity index (χ3n) is 5.19. The van der Waals surface area contributed by atoms with Gasteiger partial charge in [-0.15, -0.1) is 0 Å². The molecule has 1 heterocycles. The lowest BCUT2D eigenvalue weighted by Gasteiger charge is -2.20. The lowest BCUT2D eigenvalue weighted by Crippen LogP contribution is -2.29. The Hall–Kier alpha value is -4.14. The summed E-state index contributed by atoms with van der Waals surface area (Å²) < 4.78 is 61.9. The summed E-state index contributed by atoms with van der Waals surface area (Å²) >= 11 is 0. The number of amides is 1. The van der Waals surface area contributed by atoms with E-state index < -0.39 is 24.3 Å². The number of halogens is 4. The Morgan fingerprint density at radius 2 is 1.69 bits per heavy atom. The molecule has 1 amide bonds. The Bertz CT molecular complexity index is 1280. The van der Waals surface area contributed by atoms with Gasteiger partial charge >= 0.3 is 6.61 Å². The predicted octanol–water partition coefficient (Wildman–Crippen LogP) is 6.06. The molecule has 0 bridgehead atoms. The number of benzene rings is 3. The molecule has 35 heavy (non-hydrogen) atoms. The molecule has 0 aliphatic rings. The van der Waals surface area contributed by atoms with Crippen molar-refractivity contribution < 1.29 is 31.5 Å². The van der Waals surface area contributed by atoms with Crippen LogP contribution in [0.15, 0.2) is 83.4 Å². The van der Waals surface area contributed by atoms with Gasteiger partial charge in [0, 0.05) is 18.9 Å². The molecule has 4 aromatic rings. The van der Waals surface area contributed by atoms with Crippen LogP contribution in [0.1, 0.15) is 29.5 Å². The molecule has 1 aromatic heterocycles. The van der Waals surface area contributed by atoms with Crippen LogP contribution < -0.4 is 10.1 Å². The summed E-state index contributed by atoms with van der Waals surface area (Å²) in [5.74, 6) is -1.42. The first kappa shape index (κ1) is 24.0. The number of ether oxygens (including phenoxy) is 1. The maximum atomic E-state index is 14.0. The van der Waals surface area contributed by atoms with E-state index in [-0.39, 0.29) is 41.7 Å². The summed E-state index contributed by atoms with van der Waals surface area (Å²) in [6, 6.07) is 17.8. The van der Waals surface area contributed by atoms with Crippen molar-refractivity contribution in [1.82, 2.24) is 10.3 Å². The van der Waals surface area contributed by atoms with Gasteiger partial charge in [0.1, 0.15) is 17.4 Å². The van der Waals surface area contributed by atoms with E-state index in [0.717, 1.165) is 17.7 Å². The molecule has 0 aliphatic carbocycles. The number of rotatable bonds is 9. The van der Waals surface area contributed by atoms with Gasteiger partial charge in [0.25, 0.3) is 0 Å². The third-order valence-corrected chi connectivity index (χ3v) is 5.19. The average Bonchev–Trinajstić information content (AvgIpc) is 3.31. The average molecular weight is 484 g/mol. The van der Waals surface area contributed by atoms with Gasteiger partial charge in [0.2, 0.25) is 5.91 Å². The minimum atomic E-state index is -2.93. The van der Waals surface area contributed by atoms with Gasteiger partial charge in [-0.05, 0) is 35.4 Å². The zero-order valence-corrected chi connectivity index (χ0v) is 18.3. The normalized spacial score (nSPS) is 11.9. The van der Waals surface area contributed by atoms with Gasteiger partial charge in [-0.1, -0.05) is 42.5 Å². The molecule has 9 heteroatoms. The van der Waals surface area contributed by atoms with Crippen molar-refractivity contribution in [1.29, 1.82) is 0 Å². The second-order valence-corrected chi connectivity index (χ2v) is 7.60. The van der Waals surface area contributed by atoms with Crippen LogP contribution in [-0.2, 0) is 11.2 Å². The third kappa shape index (κ3) is 6.26. The minimum Gasteiger partial charge on any atom is -0.441 e. The number of hydrogen-bond donors (Lipinski definition) is 1. The lowest BCUT2D eigenvalue weighted by atomic mass is 9.98. The van der Waals surface area contributed by atoms with E-state index >= 15 is 0 Å². The predicted molar refractivity (Wildman–Crippen MR) is 120 cm³/mol. The number of carbonyl (C=O) groups excluding carboxylic acids is 1. The number of carbonyl (C=O) groups is 1. The van der Waals surface area contributed by atoms with Crippen molar-refractivity contribution in [2.45, 2.75) is 25.5 Å². The van der Waals surface area contributed by atoms with Crippen LogP contribution in [0.5, 0.6) is 5.75 Å².